The van der Waals surface area contributed by atoms with Crippen LogP contribution in [0.2, 0.25) is 0 Å². The van der Waals surface area contributed by atoms with E-state index in [0.29, 0.717) is 11.3 Å². The Balaban J connectivity index is 1.55. The van der Waals surface area contributed by atoms with Crippen LogP contribution in [0.1, 0.15) is 46.1 Å². The summed E-state index contributed by atoms with van der Waals surface area (Å²) < 4.78 is 14.6. The average Bonchev–Trinajstić information content (AvgIpc) is 2.80. The summed E-state index contributed by atoms with van der Waals surface area (Å²) in [4.78, 5) is 14.9. The SMILES string of the molecule is CN1C(C)(C)CC(Nc2nc(Nc3ccc(-c4ccncc4)c(C#N)c3)ncc2F)CC1(C)C. The minimum Gasteiger partial charge on any atom is -0.365 e. The fourth-order valence-electron chi connectivity index (χ4n) is 4.82. The van der Waals surface area contributed by atoms with Gasteiger partial charge in [-0.25, -0.2) is 9.37 Å². The zero-order valence-electron chi connectivity index (χ0n) is 20.2. The molecule has 1 aromatic carbocycles. The molecule has 0 bridgehead atoms. The lowest BCUT2D eigenvalue weighted by molar-refractivity contribution is -0.00778. The molecule has 1 aliphatic rings. The van der Waals surface area contributed by atoms with Crippen molar-refractivity contribution in [3.63, 3.8) is 0 Å². The highest BCUT2D eigenvalue weighted by molar-refractivity contribution is 5.74. The summed E-state index contributed by atoms with van der Waals surface area (Å²) in [6, 6.07) is 11.5. The van der Waals surface area contributed by atoms with Gasteiger partial charge in [0, 0.05) is 35.2 Å². The minimum atomic E-state index is -0.495. The van der Waals surface area contributed by atoms with Crippen LogP contribution in [-0.2, 0) is 0 Å². The van der Waals surface area contributed by atoms with Crippen LogP contribution in [0.3, 0.4) is 0 Å². The van der Waals surface area contributed by atoms with Crippen LogP contribution in [0.5, 0.6) is 0 Å². The predicted molar refractivity (Wildman–Crippen MR) is 132 cm³/mol. The van der Waals surface area contributed by atoms with Crippen molar-refractivity contribution in [2.75, 3.05) is 17.7 Å². The maximum absolute atomic E-state index is 14.6. The second-order valence-corrected chi connectivity index (χ2v) is 10.1. The fourth-order valence-corrected chi connectivity index (χ4v) is 4.82. The summed E-state index contributed by atoms with van der Waals surface area (Å²) in [5.41, 5.74) is 2.81. The Hall–Kier alpha value is -3.57. The Morgan fingerprint density at radius 2 is 1.76 bits per heavy atom. The van der Waals surface area contributed by atoms with Gasteiger partial charge in [0.15, 0.2) is 11.6 Å². The normalized spacial score (nSPS) is 17.7. The number of benzene rings is 1. The molecule has 0 spiro atoms. The standard InChI is InChI=1S/C26H30FN7/c1-25(2)13-20(14-26(3,4)34(25)5)31-23-22(27)16-30-24(33-23)32-19-6-7-21(18(12-19)15-28)17-8-10-29-11-9-17/h6-12,16,20H,13-14H2,1-5H3,(H2,30,31,32,33). The number of nitrogens with zero attached hydrogens (tertiary/aromatic N) is 5. The van der Waals surface area contributed by atoms with Crippen LogP contribution in [0.4, 0.5) is 21.8 Å². The van der Waals surface area contributed by atoms with Gasteiger partial charge in [-0.2, -0.15) is 10.2 Å². The molecule has 2 N–H and O–H groups in total. The first kappa shape index (κ1) is 23.6. The van der Waals surface area contributed by atoms with Crippen LogP contribution in [0.15, 0.2) is 48.9 Å². The number of hydrogen-bond donors (Lipinski definition) is 2. The molecule has 1 aliphatic heterocycles. The minimum absolute atomic E-state index is 0.0335. The van der Waals surface area contributed by atoms with Gasteiger partial charge >= 0.3 is 0 Å². The van der Waals surface area contributed by atoms with Crippen LogP contribution in [-0.4, -0.2) is 44.0 Å². The van der Waals surface area contributed by atoms with Crippen molar-refractivity contribution in [2.24, 2.45) is 0 Å². The Labute approximate surface area is 200 Å². The monoisotopic (exact) mass is 459 g/mol. The van der Waals surface area contributed by atoms with E-state index < -0.39 is 5.82 Å². The first-order valence-corrected chi connectivity index (χ1v) is 11.3. The highest BCUT2D eigenvalue weighted by Crippen LogP contribution is 2.38. The number of anilines is 3. The van der Waals surface area contributed by atoms with Crippen LogP contribution < -0.4 is 10.6 Å². The quantitative estimate of drug-likeness (QED) is 0.531. The van der Waals surface area contributed by atoms with Crippen LogP contribution in [0, 0.1) is 17.1 Å². The van der Waals surface area contributed by atoms with E-state index in [-0.39, 0.29) is 28.9 Å². The fraction of sp³-hybridized carbons (Fsp3) is 0.385. The molecule has 34 heavy (non-hydrogen) atoms. The van der Waals surface area contributed by atoms with Gasteiger partial charge in [-0.1, -0.05) is 6.07 Å². The van der Waals surface area contributed by atoms with E-state index in [9.17, 15) is 9.65 Å². The molecule has 0 atom stereocenters. The molecule has 3 heterocycles. The molecule has 7 nitrogen and oxygen atoms in total. The topological polar surface area (TPSA) is 89.8 Å². The molecule has 0 amide bonds. The Morgan fingerprint density at radius 1 is 1.09 bits per heavy atom. The molecular formula is C26H30FN7. The summed E-state index contributed by atoms with van der Waals surface area (Å²) in [5, 5.41) is 16.1. The van der Waals surface area contributed by atoms with E-state index in [0.717, 1.165) is 24.0 Å². The first-order chi connectivity index (χ1) is 16.1. The largest absolute Gasteiger partial charge is 0.365 e. The van der Waals surface area contributed by atoms with E-state index in [1.807, 2.05) is 24.3 Å². The van der Waals surface area contributed by atoms with Gasteiger partial charge in [0.2, 0.25) is 5.95 Å². The number of likely N-dealkylation sites (tertiary alicyclic amines) is 1. The predicted octanol–water partition coefficient (Wildman–Crippen LogP) is 5.36. The number of hydrogen-bond acceptors (Lipinski definition) is 7. The molecule has 0 saturated carbocycles. The zero-order valence-corrected chi connectivity index (χ0v) is 20.2. The average molecular weight is 460 g/mol. The zero-order chi connectivity index (χ0) is 24.5. The van der Waals surface area contributed by atoms with Gasteiger partial charge < -0.3 is 10.6 Å². The smallest absolute Gasteiger partial charge is 0.229 e. The third-order valence-corrected chi connectivity index (χ3v) is 6.78. The molecule has 1 saturated heterocycles. The summed E-state index contributed by atoms with van der Waals surface area (Å²) in [5.74, 6) is -0.0608. The van der Waals surface area contributed by atoms with Crippen molar-refractivity contribution in [3.05, 3.63) is 60.3 Å². The van der Waals surface area contributed by atoms with Crippen molar-refractivity contribution < 1.29 is 4.39 Å². The highest BCUT2D eigenvalue weighted by Gasteiger charge is 2.43. The van der Waals surface area contributed by atoms with Crippen LogP contribution >= 0.6 is 0 Å². The highest BCUT2D eigenvalue weighted by atomic mass is 19.1. The lowest BCUT2D eigenvalue weighted by Crippen LogP contribution is -2.61. The van der Waals surface area contributed by atoms with Crippen molar-refractivity contribution in [2.45, 2.75) is 57.7 Å². The van der Waals surface area contributed by atoms with E-state index >= 15 is 0 Å². The molecule has 3 aromatic rings. The van der Waals surface area contributed by atoms with Gasteiger partial charge in [-0.3, -0.25) is 9.88 Å². The van der Waals surface area contributed by atoms with Gasteiger partial charge in [0.05, 0.1) is 17.8 Å². The number of piperidine rings is 1. The summed E-state index contributed by atoms with van der Waals surface area (Å²) in [7, 11) is 2.14. The molecule has 0 unspecified atom stereocenters. The molecule has 2 aromatic heterocycles. The van der Waals surface area contributed by atoms with E-state index in [1.54, 1.807) is 18.5 Å². The van der Waals surface area contributed by atoms with Crippen molar-refractivity contribution >= 4 is 17.5 Å². The maximum atomic E-state index is 14.6. The number of rotatable bonds is 5. The van der Waals surface area contributed by atoms with Gasteiger partial charge in [0.25, 0.3) is 0 Å². The van der Waals surface area contributed by atoms with E-state index in [4.69, 9.17) is 0 Å². The summed E-state index contributed by atoms with van der Waals surface area (Å²) in [6.45, 7) is 8.81. The third-order valence-electron chi connectivity index (χ3n) is 6.78. The molecule has 1 fully saturated rings. The lowest BCUT2D eigenvalue weighted by Gasteiger charge is -2.53. The Kier molecular flexibility index (Phi) is 6.24. The Morgan fingerprint density at radius 3 is 2.41 bits per heavy atom. The van der Waals surface area contributed by atoms with Gasteiger partial charge in [-0.05, 0) is 83.0 Å². The van der Waals surface area contributed by atoms with Crippen LogP contribution in [0.25, 0.3) is 11.1 Å². The maximum Gasteiger partial charge on any atom is 0.229 e. The molecular weight excluding hydrogens is 429 g/mol. The molecule has 0 radical (unpaired) electrons. The molecule has 176 valence electrons. The number of nitriles is 1. The number of aromatic nitrogens is 3. The second-order valence-electron chi connectivity index (χ2n) is 10.1. The van der Waals surface area contributed by atoms with E-state index in [1.165, 1.54) is 6.20 Å². The second kappa shape index (κ2) is 8.99. The third kappa shape index (κ3) is 4.85. The first-order valence-electron chi connectivity index (χ1n) is 11.3. The Bertz CT molecular complexity index is 1200. The van der Waals surface area contributed by atoms with Gasteiger partial charge in [0.1, 0.15) is 0 Å². The molecule has 4 rings (SSSR count). The number of nitrogens with one attached hydrogen (secondary N) is 2. The number of pyridine rings is 1. The summed E-state index contributed by atoms with van der Waals surface area (Å²) in [6.07, 6.45) is 6.27. The van der Waals surface area contributed by atoms with Crippen molar-refractivity contribution in [1.82, 2.24) is 19.9 Å². The number of halogens is 1. The van der Waals surface area contributed by atoms with Crippen molar-refractivity contribution in [3.8, 4) is 17.2 Å². The molecule has 8 heteroatoms. The lowest BCUT2D eigenvalue weighted by atomic mass is 9.77. The molecule has 0 aliphatic carbocycles. The van der Waals surface area contributed by atoms with E-state index in [2.05, 4.69) is 71.3 Å². The van der Waals surface area contributed by atoms with Crippen molar-refractivity contribution in [1.29, 1.82) is 5.26 Å². The summed E-state index contributed by atoms with van der Waals surface area (Å²) >= 11 is 0. The van der Waals surface area contributed by atoms with Gasteiger partial charge in [-0.15, -0.1) is 0 Å².